The lowest BCUT2D eigenvalue weighted by molar-refractivity contribution is -0.384. The molecule has 2 N–H and O–H groups in total. The Morgan fingerprint density at radius 3 is 2.56 bits per heavy atom. The standard InChI is InChI=1S/C4H4N2O3/c5-3-1-9-2-4(3)6(7)8/h1-2H,5H2. The van der Waals surface area contributed by atoms with Gasteiger partial charge < -0.3 is 10.2 Å². The average Bonchev–Trinajstić information content (AvgIpc) is 2.13. The zero-order valence-electron chi connectivity index (χ0n) is 4.40. The number of hydrogen-bond acceptors (Lipinski definition) is 4. The highest BCUT2D eigenvalue weighted by Gasteiger charge is 2.11. The smallest absolute Gasteiger partial charge is 0.329 e. The van der Waals surface area contributed by atoms with Gasteiger partial charge in [-0.3, -0.25) is 10.1 Å². The Kier molecular flexibility index (Phi) is 1.11. The van der Waals surface area contributed by atoms with Crippen molar-refractivity contribution < 1.29 is 9.34 Å². The van der Waals surface area contributed by atoms with E-state index in [1.807, 2.05) is 0 Å². The normalized spacial score (nSPS) is 9.33. The maximum atomic E-state index is 9.95. The summed E-state index contributed by atoms with van der Waals surface area (Å²) in [6.45, 7) is 0. The van der Waals surface area contributed by atoms with Gasteiger partial charge in [-0.05, 0) is 0 Å². The maximum Gasteiger partial charge on any atom is 0.329 e. The van der Waals surface area contributed by atoms with Gasteiger partial charge in [0.1, 0.15) is 12.0 Å². The maximum absolute atomic E-state index is 9.95. The summed E-state index contributed by atoms with van der Waals surface area (Å²) >= 11 is 0. The van der Waals surface area contributed by atoms with E-state index < -0.39 is 4.92 Å². The van der Waals surface area contributed by atoms with Crippen LogP contribution in [0.2, 0.25) is 0 Å². The molecule has 0 bridgehead atoms. The van der Waals surface area contributed by atoms with Gasteiger partial charge in [0.05, 0.1) is 4.92 Å². The van der Waals surface area contributed by atoms with Gasteiger partial charge in [-0.25, -0.2) is 0 Å². The Bertz CT molecular complexity index is 229. The third kappa shape index (κ3) is 0.835. The van der Waals surface area contributed by atoms with Crippen LogP contribution in [0.25, 0.3) is 0 Å². The molecule has 0 saturated carbocycles. The van der Waals surface area contributed by atoms with E-state index in [1.54, 1.807) is 0 Å². The molecule has 0 unspecified atom stereocenters. The first kappa shape index (κ1) is 5.61. The van der Waals surface area contributed by atoms with Crippen LogP contribution in [0.3, 0.4) is 0 Å². The number of nitrogen functional groups attached to an aromatic ring is 1. The molecule has 0 fully saturated rings. The first-order chi connectivity index (χ1) is 4.22. The van der Waals surface area contributed by atoms with E-state index >= 15 is 0 Å². The molecule has 9 heavy (non-hydrogen) atoms. The lowest BCUT2D eigenvalue weighted by atomic mass is 10.5. The van der Waals surface area contributed by atoms with E-state index in [-0.39, 0.29) is 11.4 Å². The van der Waals surface area contributed by atoms with Crippen molar-refractivity contribution in [2.45, 2.75) is 0 Å². The molecule has 0 atom stereocenters. The molecular weight excluding hydrogens is 124 g/mol. The largest absolute Gasteiger partial charge is 0.463 e. The van der Waals surface area contributed by atoms with Crippen LogP contribution in [0, 0.1) is 10.1 Å². The van der Waals surface area contributed by atoms with Crippen molar-refractivity contribution in [1.29, 1.82) is 0 Å². The summed E-state index contributed by atoms with van der Waals surface area (Å²) in [6, 6.07) is 0. The Morgan fingerprint density at radius 2 is 2.33 bits per heavy atom. The summed E-state index contributed by atoms with van der Waals surface area (Å²) in [5, 5.41) is 9.95. The molecule has 0 aromatic carbocycles. The number of furan rings is 1. The first-order valence-corrected chi connectivity index (χ1v) is 2.18. The van der Waals surface area contributed by atoms with Crippen LogP contribution in [0.1, 0.15) is 0 Å². The van der Waals surface area contributed by atoms with Gasteiger partial charge in [-0.15, -0.1) is 0 Å². The van der Waals surface area contributed by atoms with Gasteiger partial charge in [-0.1, -0.05) is 0 Å². The molecule has 5 nitrogen and oxygen atoms in total. The third-order valence-corrected chi connectivity index (χ3v) is 0.867. The Morgan fingerprint density at radius 1 is 1.67 bits per heavy atom. The minimum absolute atomic E-state index is 0.0556. The SMILES string of the molecule is Nc1cocc1[N+](=O)[O-]. The van der Waals surface area contributed by atoms with Gasteiger partial charge in [0, 0.05) is 0 Å². The van der Waals surface area contributed by atoms with Crippen molar-refractivity contribution in [3.8, 4) is 0 Å². The van der Waals surface area contributed by atoms with Crippen LogP contribution in [-0.2, 0) is 0 Å². The quantitative estimate of drug-likeness (QED) is 0.447. The second kappa shape index (κ2) is 1.77. The van der Waals surface area contributed by atoms with Crippen molar-refractivity contribution in [1.82, 2.24) is 0 Å². The highest BCUT2D eigenvalue weighted by molar-refractivity contribution is 5.54. The number of nitrogens with zero attached hydrogens (tertiary/aromatic N) is 1. The average molecular weight is 128 g/mol. The fourth-order valence-electron chi connectivity index (χ4n) is 0.449. The molecule has 0 aliphatic heterocycles. The highest BCUT2D eigenvalue weighted by Crippen LogP contribution is 2.20. The Labute approximate surface area is 50.2 Å². The van der Waals surface area contributed by atoms with Crippen LogP contribution < -0.4 is 5.73 Å². The fourth-order valence-corrected chi connectivity index (χ4v) is 0.449. The summed E-state index contributed by atoms with van der Waals surface area (Å²) in [6.07, 6.45) is 2.12. The molecule has 0 saturated heterocycles. The van der Waals surface area contributed by atoms with E-state index in [9.17, 15) is 10.1 Å². The van der Waals surface area contributed by atoms with Gasteiger partial charge in [0.2, 0.25) is 0 Å². The van der Waals surface area contributed by atoms with E-state index in [0.29, 0.717) is 0 Å². The molecule has 0 amide bonds. The van der Waals surface area contributed by atoms with Crippen LogP contribution >= 0.6 is 0 Å². The van der Waals surface area contributed by atoms with E-state index in [1.165, 1.54) is 0 Å². The number of anilines is 1. The molecule has 0 radical (unpaired) electrons. The predicted molar refractivity (Wildman–Crippen MR) is 29.8 cm³/mol. The van der Waals surface area contributed by atoms with Gasteiger partial charge in [-0.2, -0.15) is 0 Å². The van der Waals surface area contributed by atoms with Crippen LogP contribution in [-0.4, -0.2) is 4.92 Å². The lowest BCUT2D eigenvalue weighted by Crippen LogP contribution is -1.90. The van der Waals surface area contributed by atoms with Crippen molar-refractivity contribution >= 4 is 11.4 Å². The van der Waals surface area contributed by atoms with Crippen molar-refractivity contribution in [3.63, 3.8) is 0 Å². The molecule has 48 valence electrons. The summed E-state index contributed by atoms with van der Waals surface area (Å²) in [7, 11) is 0. The topological polar surface area (TPSA) is 82.3 Å². The fraction of sp³-hybridized carbons (Fsp3) is 0. The van der Waals surface area contributed by atoms with E-state index in [4.69, 9.17) is 5.73 Å². The molecule has 1 aromatic rings. The Hall–Kier alpha value is -1.52. The lowest BCUT2D eigenvalue weighted by Gasteiger charge is -1.82. The minimum Gasteiger partial charge on any atom is -0.463 e. The third-order valence-electron chi connectivity index (χ3n) is 0.867. The summed E-state index contributed by atoms with van der Waals surface area (Å²) < 4.78 is 4.44. The van der Waals surface area contributed by atoms with Crippen LogP contribution in [0.15, 0.2) is 16.9 Å². The van der Waals surface area contributed by atoms with Crippen molar-refractivity contribution in [3.05, 3.63) is 22.6 Å². The zero-order valence-corrected chi connectivity index (χ0v) is 4.40. The first-order valence-electron chi connectivity index (χ1n) is 2.18. The molecule has 0 aliphatic carbocycles. The van der Waals surface area contributed by atoms with Gasteiger partial charge >= 0.3 is 5.69 Å². The Balaban J connectivity index is 3.08. The number of rotatable bonds is 1. The molecule has 0 spiro atoms. The molecule has 0 aliphatic rings. The predicted octanol–water partition coefficient (Wildman–Crippen LogP) is 0.770. The summed E-state index contributed by atoms with van der Waals surface area (Å²) in [5.41, 5.74) is 4.98. The van der Waals surface area contributed by atoms with Crippen LogP contribution in [0.4, 0.5) is 11.4 Å². The molecule has 1 heterocycles. The zero-order chi connectivity index (χ0) is 6.85. The molecular formula is C4H4N2O3. The minimum atomic E-state index is -0.598. The molecule has 1 rings (SSSR count). The number of nitro groups is 1. The molecule has 5 heteroatoms. The second-order valence-corrected chi connectivity index (χ2v) is 1.47. The monoisotopic (exact) mass is 128 g/mol. The van der Waals surface area contributed by atoms with E-state index in [0.717, 1.165) is 12.5 Å². The van der Waals surface area contributed by atoms with E-state index in [2.05, 4.69) is 4.42 Å². The van der Waals surface area contributed by atoms with Crippen molar-refractivity contribution in [2.75, 3.05) is 5.73 Å². The highest BCUT2D eigenvalue weighted by atomic mass is 16.6. The number of hydrogen-bond donors (Lipinski definition) is 1. The molecule has 1 aromatic heterocycles. The summed E-state index contributed by atoms with van der Waals surface area (Å²) in [5.74, 6) is 0. The second-order valence-electron chi connectivity index (χ2n) is 1.47. The number of nitrogens with two attached hydrogens (primary N) is 1. The van der Waals surface area contributed by atoms with Gasteiger partial charge in [0.15, 0.2) is 6.26 Å². The van der Waals surface area contributed by atoms with Crippen LogP contribution in [0.5, 0.6) is 0 Å². The summed E-state index contributed by atoms with van der Waals surface area (Å²) in [4.78, 5) is 9.35. The van der Waals surface area contributed by atoms with Gasteiger partial charge in [0.25, 0.3) is 0 Å². The van der Waals surface area contributed by atoms with Crippen molar-refractivity contribution in [2.24, 2.45) is 0 Å².